The van der Waals surface area contributed by atoms with E-state index >= 15 is 0 Å². The molecule has 0 aliphatic carbocycles. The van der Waals surface area contributed by atoms with Crippen molar-refractivity contribution in [2.45, 2.75) is 40.2 Å². The Morgan fingerprint density at radius 3 is 2.37 bits per heavy atom. The summed E-state index contributed by atoms with van der Waals surface area (Å²) in [6.07, 6.45) is 0.786. The molecule has 0 aromatic carbocycles. The Kier molecular flexibility index (Phi) is 6.01. The van der Waals surface area contributed by atoms with Crippen molar-refractivity contribution < 1.29 is 0 Å². The highest BCUT2D eigenvalue weighted by molar-refractivity contribution is 6.30. The fourth-order valence-corrected chi connectivity index (χ4v) is 2.01. The summed E-state index contributed by atoms with van der Waals surface area (Å²) in [4.78, 5) is 11.0. The molecule has 0 aliphatic rings. The first-order valence-corrected chi connectivity index (χ1v) is 7.17. The van der Waals surface area contributed by atoms with Gasteiger partial charge in [0.2, 0.25) is 0 Å². The van der Waals surface area contributed by atoms with Crippen LogP contribution in [0, 0.1) is 12.8 Å². The number of hydrogen-bond acceptors (Lipinski definition) is 4. The van der Waals surface area contributed by atoms with E-state index < -0.39 is 0 Å². The van der Waals surface area contributed by atoms with Gasteiger partial charge in [-0.3, -0.25) is 0 Å². The van der Waals surface area contributed by atoms with E-state index in [-0.39, 0.29) is 0 Å². The lowest BCUT2D eigenvalue weighted by Gasteiger charge is -2.27. The van der Waals surface area contributed by atoms with E-state index in [1.165, 1.54) is 0 Å². The van der Waals surface area contributed by atoms with E-state index in [4.69, 9.17) is 11.6 Å². The maximum Gasteiger partial charge on any atom is 0.137 e. The molecule has 0 amide bonds. The number of rotatable bonds is 6. The van der Waals surface area contributed by atoms with Gasteiger partial charge in [0.05, 0.1) is 0 Å². The Balaban J connectivity index is 2.98. The van der Waals surface area contributed by atoms with E-state index in [0.29, 0.717) is 17.1 Å². The van der Waals surface area contributed by atoms with Crippen molar-refractivity contribution in [3.63, 3.8) is 0 Å². The number of aryl methyl sites for hydroxylation is 1. The zero-order valence-electron chi connectivity index (χ0n) is 12.8. The first-order valence-electron chi connectivity index (χ1n) is 6.79. The Morgan fingerprint density at radius 2 is 1.89 bits per heavy atom. The normalized spacial score (nSPS) is 13.1. The molecule has 1 atom stereocenters. The Hall–Kier alpha value is -0.870. The van der Waals surface area contributed by atoms with Crippen LogP contribution >= 0.6 is 11.6 Å². The van der Waals surface area contributed by atoms with Crippen molar-refractivity contribution in [2.75, 3.05) is 26.0 Å². The summed E-state index contributed by atoms with van der Waals surface area (Å²) in [7, 11) is 4.16. The van der Waals surface area contributed by atoms with Gasteiger partial charge in [-0.05, 0) is 26.9 Å². The molecular formula is C14H25ClN4. The van der Waals surface area contributed by atoms with E-state index in [0.717, 1.165) is 30.2 Å². The predicted molar refractivity (Wildman–Crippen MR) is 82.0 cm³/mol. The number of aromatic nitrogens is 2. The summed E-state index contributed by atoms with van der Waals surface area (Å²) in [5.74, 6) is 2.16. The largest absolute Gasteiger partial charge is 0.365 e. The summed E-state index contributed by atoms with van der Waals surface area (Å²) in [5, 5.41) is 4.06. The summed E-state index contributed by atoms with van der Waals surface area (Å²) in [5.41, 5.74) is 0.920. The standard InChI is InChI=1S/C14H25ClN4/c1-7-12-17-13(15)10(4)14(18-12)16-11(9(2)3)8-19(5)6/h9,11H,7-8H2,1-6H3,(H,16,17,18). The summed E-state index contributed by atoms with van der Waals surface area (Å²) < 4.78 is 0. The molecule has 0 spiro atoms. The van der Waals surface area contributed by atoms with Crippen LogP contribution in [0.1, 0.15) is 32.2 Å². The molecule has 0 bridgehead atoms. The van der Waals surface area contributed by atoms with Gasteiger partial charge in [-0.15, -0.1) is 0 Å². The minimum Gasteiger partial charge on any atom is -0.365 e. The highest BCUT2D eigenvalue weighted by atomic mass is 35.5. The van der Waals surface area contributed by atoms with Crippen molar-refractivity contribution in [3.8, 4) is 0 Å². The topological polar surface area (TPSA) is 41.1 Å². The van der Waals surface area contributed by atoms with Gasteiger partial charge in [-0.1, -0.05) is 32.4 Å². The van der Waals surface area contributed by atoms with Crippen LogP contribution in [-0.2, 0) is 6.42 Å². The molecule has 4 nitrogen and oxygen atoms in total. The molecule has 5 heteroatoms. The van der Waals surface area contributed by atoms with Gasteiger partial charge in [0, 0.05) is 24.6 Å². The van der Waals surface area contributed by atoms with Crippen LogP contribution < -0.4 is 5.32 Å². The van der Waals surface area contributed by atoms with Crippen LogP contribution in [0.4, 0.5) is 5.82 Å². The molecule has 0 radical (unpaired) electrons. The fourth-order valence-electron chi connectivity index (χ4n) is 1.82. The summed E-state index contributed by atoms with van der Waals surface area (Å²) >= 11 is 6.16. The summed E-state index contributed by atoms with van der Waals surface area (Å²) in [6.45, 7) is 9.36. The molecule has 19 heavy (non-hydrogen) atoms. The molecule has 1 aromatic heterocycles. The van der Waals surface area contributed by atoms with Gasteiger partial charge in [0.1, 0.15) is 16.8 Å². The Labute approximate surface area is 121 Å². The van der Waals surface area contributed by atoms with Crippen molar-refractivity contribution in [1.82, 2.24) is 14.9 Å². The zero-order valence-corrected chi connectivity index (χ0v) is 13.5. The Bertz CT molecular complexity index is 418. The number of hydrogen-bond donors (Lipinski definition) is 1. The van der Waals surface area contributed by atoms with Gasteiger partial charge in [-0.25, -0.2) is 9.97 Å². The van der Waals surface area contributed by atoms with Gasteiger partial charge in [0.25, 0.3) is 0 Å². The van der Waals surface area contributed by atoms with Crippen molar-refractivity contribution in [3.05, 3.63) is 16.5 Å². The van der Waals surface area contributed by atoms with Gasteiger partial charge >= 0.3 is 0 Å². The number of halogens is 1. The smallest absolute Gasteiger partial charge is 0.137 e. The maximum absolute atomic E-state index is 6.16. The third kappa shape index (κ3) is 4.62. The first kappa shape index (κ1) is 16.2. The van der Waals surface area contributed by atoms with Gasteiger partial charge in [-0.2, -0.15) is 0 Å². The van der Waals surface area contributed by atoms with E-state index in [2.05, 4.69) is 48.1 Å². The third-order valence-electron chi connectivity index (χ3n) is 3.14. The SMILES string of the molecule is CCc1nc(Cl)c(C)c(NC(CN(C)C)C(C)C)n1. The lowest BCUT2D eigenvalue weighted by atomic mass is 10.0. The highest BCUT2D eigenvalue weighted by Gasteiger charge is 2.17. The minimum atomic E-state index is 0.337. The van der Waals surface area contributed by atoms with Crippen LogP contribution in [-0.4, -0.2) is 41.5 Å². The first-order chi connectivity index (χ1) is 8.85. The Morgan fingerprint density at radius 1 is 1.26 bits per heavy atom. The lowest BCUT2D eigenvalue weighted by molar-refractivity contribution is 0.344. The molecule has 0 aliphatic heterocycles. The van der Waals surface area contributed by atoms with Gasteiger partial charge in [0.15, 0.2) is 0 Å². The number of anilines is 1. The van der Waals surface area contributed by atoms with Crippen molar-refractivity contribution >= 4 is 17.4 Å². The molecular weight excluding hydrogens is 260 g/mol. The van der Waals surface area contributed by atoms with Gasteiger partial charge < -0.3 is 10.2 Å². The van der Waals surface area contributed by atoms with E-state index in [1.54, 1.807) is 0 Å². The second-order valence-electron chi connectivity index (χ2n) is 5.51. The van der Waals surface area contributed by atoms with Crippen molar-refractivity contribution in [1.29, 1.82) is 0 Å². The second kappa shape index (κ2) is 7.06. The third-order valence-corrected chi connectivity index (χ3v) is 3.51. The fraction of sp³-hybridized carbons (Fsp3) is 0.714. The molecule has 0 saturated heterocycles. The monoisotopic (exact) mass is 284 g/mol. The molecule has 1 rings (SSSR count). The maximum atomic E-state index is 6.16. The van der Waals surface area contributed by atoms with Crippen LogP contribution in [0.2, 0.25) is 5.15 Å². The van der Waals surface area contributed by atoms with Crippen LogP contribution in [0.3, 0.4) is 0 Å². The van der Waals surface area contributed by atoms with Crippen LogP contribution in [0.25, 0.3) is 0 Å². The molecule has 1 heterocycles. The lowest BCUT2D eigenvalue weighted by Crippen LogP contribution is -2.37. The summed E-state index contributed by atoms with van der Waals surface area (Å²) in [6, 6.07) is 0.337. The molecule has 0 fully saturated rings. The second-order valence-corrected chi connectivity index (χ2v) is 5.87. The van der Waals surface area contributed by atoms with E-state index in [1.807, 2.05) is 13.8 Å². The molecule has 108 valence electrons. The molecule has 1 aromatic rings. The zero-order chi connectivity index (χ0) is 14.6. The predicted octanol–water partition coefficient (Wildman–Crippen LogP) is 3.00. The highest BCUT2D eigenvalue weighted by Crippen LogP contribution is 2.22. The molecule has 0 saturated carbocycles. The number of nitrogens with zero attached hydrogens (tertiary/aromatic N) is 3. The molecule has 1 N–H and O–H groups in total. The van der Waals surface area contributed by atoms with E-state index in [9.17, 15) is 0 Å². The van der Waals surface area contributed by atoms with Crippen LogP contribution in [0.15, 0.2) is 0 Å². The minimum absolute atomic E-state index is 0.337. The molecule has 1 unspecified atom stereocenters. The van der Waals surface area contributed by atoms with Crippen LogP contribution in [0.5, 0.6) is 0 Å². The number of likely N-dealkylation sites (N-methyl/N-ethyl adjacent to an activating group) is 1. The number of nitrogens with one attached hydrogen (secondary N) is 1. The average molecular weight is 285 g/mol. The van der Waals surface area contributed by atoms with Crippen molar-refractivity contribution in [2.24, 2.45) is 5.92 Å². The quantitative estimate of drug-likeness (QED) is 0.816. The average Bonchev–Trinajstić information content (AvgIpc) is 2.32.